The summed E-state index contributed by atoms with van der Waals surface area (Å²) >= 11 is 12.5. The Morgan fingerprint density at radius 1 is 1.04 bits per heavy atom. The molecule has 1 aliphatic heterocycles. The van der Waals surface area contributed by atoms with Gasteiger partial charge in [0.2, 0.25) is 0 Å². The van der Waals surface area contributed by atoms with Crippen LogP contribution in [-0.4, -0.2) is 36.5 Å². The Kier molecular flexibility index (Phi) is 4.59. The van der Waals surface area contributed by atoms with E-state index in [1.165, 1.54) is 0 Å². The Morgan fingerprint density at radius 3 is 2.42 bits per heavy atom. The largest absolute Gasteiger partial charge is 0.295 e. The second-order valence-corrected chi connectivity index (χ2v) is 6.70. The number of fused-ring (bicyclic) bond motifs is 1. The van der Waals surface area contributed by atoms with Gasteiger partial charge in [0.25, 0.3) is 0 Å². The molecule has 24 heavy (non-hydrogen) atoms. The number of nitrogens with zero attached hydrogens (tertiary/aromatic N) is 2. The zero-order valence-corrected chi connectivity index (χ0v) is 14.9. The molecule has 3 nitrogen and oxygen atoms in total. The van der Waals surface area contributed by atoms with Crippen molar-refractivity contribution >= 4 is 34.7 Å². The molecule has 1 heterocycles. The van der Waals surface area contributed by atoms with Gasteiger partial charge in [-0.25, -0.2) is 0 Å². The molecule has 0 N–H and O–H groups in total. The van der Waals surface area contributed by atoms with Crippen molar-refractivity contribution in [1.29, 1.82) is 0 Å². The van der Waals surface area contributed by atoms with Gasteiger partial charge in [-0.3, -0.25) is 14.7 Å². The minimum Gasteiger partial charge on any atom is -0.295 e. The van der Waals surface area contributed by atoms with Gasteiger partial charge in [0, 0.05) is 26.7 Å². The highest BCUT2D eigenvalue weighted by molar-refractivity contribution is 6.37. The second-order valence-electron chi connectivity index (χ2n) is 5.85. The molecular weight excluding hydrogens is 343 g/mol. The monoisotopic (exact) mass is 358 g/mol. The molecule has 1 unspecified atom stereocenters. The first-order valence-electron chi connectivity index (χ1n) is 7.43. The Labute approximate surface area is 151 Å². The summed E-state index contributed by atoms with van der Waals surface area (Å²) in [6, 6.07) is 12.1. The lowest BCUT2D eigenvalue weighted by molar-refractivity contribution is 0.0904. The normalized spacial score (nSPS) is 17.5. The van der Waals surface area contributed by atoms with E-state index in [1.54, 1.807) is 24.3 Å². The van der Waals surface area contributed by atoms with E-state index >= 15 is 0 Å². The van der Waals surface area contributed by atoms with Gasteiger partial charge < -0.3 is 0 Å². The predicted molar refractivity (Wildman–Crippen MR) is 99.5 cm³/mol. The van der Waals surface area contributed by atoms with E-state index in [4.69, 9.17) is 23.2 Å². The first kappa shape index (κ1) is 16.9. The fraction of sp³-hybridized carbons (Fsp3) is 0.158. The number of rotatable bonds is 2. The van der Waals surface area contributed by atoms with Crippen molar-refractivity contribution in [2.75, 3.05) is 14.1 Å². The molecule has 5 heteroatoms. The van der Waals surface area contributed by atoms with Crippen molar-refractivity contribution in [3.8, 4) is 0 Å². The van der Waals surface area contributed by atoms with E-state index in [1.807, 2.05) is 37.2 Å². The number of benzene rings is 2. The fourth-order valence-electron chi connectivity index (χ4n) is 2.88. The lowest BCUT2D eigenvalue weighted by atomic mass is 9.94. The SMILES string of the molecule is C=C1N=C(c2ccccc2Cl)c2cc(Cl)ccc2C(=O)C1N(C)C. The summed E-state index contributed by atoms with van der Waals surface area (Å²) in [5.74, 6) is -0.0533. The molecule has 3 rings (SSSR count). The standard InChI is InChI=1S/C19H16Cl2N2O/c1-11-18(23(2)3)19(24)13-9-8-12(20)10-15(13)17(22-11)14-6-4-5-7-16(14)21/h4-10,18H,1H2,2-3H3. The van der Waals surface area contributed by atoms with Crippen molar-refractivity contribution in [2.24, 2.45) is 4.99 Å². The van der Waals surface area contributed by atoms with Crippen LogP contribution in [0.25, 0.3) is 0 Å². The van der Waals surface area contributed by atoms with E-state index < -0.39 is 6.04 Å². The molecule has 2 aromatic carbocycles. The van der Waals surface area contributed by atoms with E-state index in [2.05, 4.69) is 11.6 Å². The van der Waals surface area contributed by atoms with Gasteiger partial charge in [-0.05, 0) is 38.4 Å². The third-order valence-corrected chi connectivity index (χ3v) is 4.53. The fourth-order valence-corrected chi connectivity index (χ4v) is 3.28. The molecule has 1 atom stereocenters. The molecule has 0 amide bonds. The quantitative estimate of drug-likeness (QED) is 0.793. The van der Waals surface area contributed by atoms with E-state index in [-0.39, 0.29) is 5.78 Å². The van der Waals surface area contributed by atoms with Crippen LogP contribution < -0.4 is 0 Å². The smallest absolute Gasteiger partial charge is 0.186 e. The number of hydrogen-bond donors (Lipinski definition) is 0. The topological polar surface area (TPSA) is 32.7 Å². The lowest BCUT2D eigenvalue weighted by Crippen LogP contribution is -2.36. The Morgan fingerprint density at radius 2 is 1.75 bits per heavy atom. The van der Waals surface area contributed by atoms with Crippen molar-refractivity contribution in [2.45, 2.75) is 6.04 Å². The van der Waals surface area contributed by atoms with E-state index in [0.29, 0.717) is 32.6 Å². The molecule has 122 valence electrons. The third kappa shape index (κ3) is 2.91. The van der Waals surface area contributed by atoms with Crippen LogP contribution >= 0.6 is 23.2 Å². The molecule has 0 radical (unpaired) electrons. The highest BCUT2D eigenvalue weighted by atomic mass is 35.5. The Balaban J connectivity index is 2.32. The molecule has 0 aliphatic carbocycles. The maximum atomic E-state index is 13.0. The third-order valence-electron chi connectivity index (χ3n) is 3.97. The molecule has 2 aromatic rings. The second kappa shape index (κ2) is 6.52. The number of carbonyl (C=O) groups is 1. The summed E-state index contributed by atoms with van der Waals surface area (Å²) in [7, 11) is 3.67. The minimum atomic E-state index is -0.523. The molecular formula is C19H16Cl2N2O. The molecule has 0 bridgehead atoms. The maximum Gasteiger partial charge on any atom is 0.186 e. The number of likely N-dealkylation sites (N-methyl/N-ethyl adjacent to an activating group) is 1. The number of hydrogen-bond acceptors (Lipinski definition) is 3. The summed E-state index contributed by atoms with van der Waals surface area (Å²) in [5, 5.41) is 1.10. The summed E-state index contributed by atoms with van der Waals surface area (Å²) in [5.41, 5.74) is 3.07. The Hall–Kier alpha value is -1.94. The molecule has 0 saturated carbocycles. The molecule has 0 spiro atoms. The zero-order chi connectivity index (χ0) is 17.4. The number of ketones is 1. The predicted octanol–water partition coefficient (Wildman–Crippen LogP) is 4.47. The van der Waals surface area contributed by atoms with Crippen molar-refractivity contribution in [3.05, 3.63) is 81.5 Å². The van der Waals surface area contributed by atoms with E-state index in [9.17, 15) is 4.79 Å². The minimum absolute atomic E-state index is 0.0533. The summed E-state index contributed by atoms with van der Waals surface area (Å²) in [4.78, 5) is 19.5. The van der Waals surface area contributed by atoms with Crippen LogP contribution in [-0.2, 0) is 0 Å². The van der Waals surface area contributed by atoms with Gasteiger partial charge in [0.05, 0.1) is 11.4 Å². The van der Waals surface area contributed by atoms with Gasteiger partial charge in [-0.2, -0.15) is 0 Å². The summed E-state index contributed by atoms with van der Waals surface area (Å²) in [6.07, 6.45) is 0. The first-order valence-corrected chi connectivity index (χ1v) is 8.18. The van der Waals surface area contributed by atoms with Gasteiger partial charge in [0.1, 0.15) is 6.04 Å². The maximum absolute atomic E-state index is 13.0. The van der Waals surface area contributed by atoms with Crippen LogP contribution in [0.3, 0.4) is 0 Å². The molecule has 0 fully saturated rings. The van der Waals surface area contributed by atoms with Crippen LogP contribution in [0.4, 0.5) is 0 Å². The summed E-state index contributed by atoms with van der Waals surface area (Å²) < 4.78 is 0. The van der Waals surface area contributed by atoms with Gasteiger partial charge >= 0.3 is 0 Å². The van der Waals surface area contributed by atoms with E-state index in [0.717, 1.165) is 5.56 Å². The zero-order valence-electron chi connectivity index (χ0n) is 13.4. The number of halogens is 2. The average Bonchev–Trinajstić information content (AvgIpc) is 2.62. The van der Waals surface area contributed by atoms with Crippen LogP contribution in [0.15, 0.2) is 59.7 Å². The molecule has 1 aliphatic rings. The van der Waals surface area contributed by atoms with Crippen LogP contribution in [0.1, 0.15) is 21.5 Å². The first-order chi connectivity index (χ1) is 11.4. The molecule has 0 saturated heterocycles. The van der Waals surface area contributed by atoms with Gasteiger partial charge in [0.15, 0.2) is 5.78 Å². The summed E-state index contributed by atoms with van der Waals surface area (Å²) in [6.45, 7) is 4.01. The van der Waals surface area contributed by atoms with Crippen LogP contribution in [0.5, 0.6) is 0 Å². The highest BCUT2D eigenvalue weighted by Crippen LogP contribution is 2.30. The van der Waals surface area contributed by atoms with Crippen molar-refractivity contribution < 1.29 is 4.79 Å². The highest BCUT2D eigenvalue weighted by Gasteiger charge is 2.32. The lowest BCUT2D eigenvalue weighted by Gasteiger charge is -2.21. The van der Waals surface area contributed by atoms with Gasteiger partial charge in [-0.15, -0.1) is 0 Å². The Bertz CT molecular complexity index is 871. The average molecular weight is 359 g/mol. The number of Topliss-reactive ketones (excluding diaryl/α,β-unsaturated/α-hetero) is 1. The molecule has 0 aromatic heterocycles. The van der Waals surface area contributed by atoms with Gasteiger partial charge in [-0.1, -0.05) is 48.0 Å². The number of carbonyl (C=O) groups excluding carboxylic acids is 1. The van der Waals surface area contributed by atoms with Crippen LogP contribution in [0, 0.1) is 0 Å². The van der Waals surface area contributed by atoms with Crippen LogP contribution in [0.2, 0.25) is 10.0 Å². The number of aliphatic imine (C=N–C) groups is 1. The van der Waals surface area contributed by atoms with Crippen molar-refractivity contribution in [1.82, 2.24) is 4.90 Å². The van der Waals surface area contributed by atoms with Crippen molar-refractivity contribution in [3.63, 3.8) is 0 Å².